The summed E-state index contributed by atoms with van der Waals surface area (Å²) in [5.41, 5.74) is 8.53. The van der Waals surface area contributed by atoms with Gasteiger partial charge < -0.3 is 4.57 Å². The average molecular weight is 562 g/mol. The topological polar surface area (TPSA) is 7.94 Å². The van der Waals surface area contributed by atoms with Gasteiger partial charge in [-0.25, -0.2) is 0 Å². The van der Waals surface area contributed by atoms with Crippen LogP contribution < -0.4 is 5.35 Å². The first kappa shape index (κ1) is 26.5. The Morgan fingerprint density at radius 2 is 1.49 bits per heavy atom. The van der Waals surface area contributed by atoms with Gasteiger partial charge in [-0.1, -0.05) is 86.7 Å². The molecule has 4 aliphatic rings. The van der Waals surface area contributed by atoms with E-state index in [1.807, 2.05) is 0 Å². The summed E-state index contributed by atoms with van der Waals surface area (Å²) >= 11 is 0. The number of fused-ring (bicyclic) bond motifs is 1. The second kappa shape index (κ2) is 9.41. The highest BCUT2D eigenvalue weighted by atomic mass is 15.1. The fourth-order valence-electron chi connectivity index (χ4n) is 8.57. The minimum Gasteiger partial charge on any atom is -0.338 e. The maximum absolute atomic E-state index is 2.52. The Kier molecular flexibility index (Phi) is 5.79. The zero-order valence-electron chi connectivity index (χ0n) is 26.2. The number of hydrogen-bond acceptors (Lipinski definition) is 0. The highest BCUT2D eigenvalue weighted by Crippen LogP contribution is 2.61. The van der Waals surface area contributed by atoms with Crippen LogP contribution in [0.5, 0.6) is 0 Å². The van der Waals surface area contributed by atoms with Crippen molar-refractivity contribution in [3.63, 3.8) is 0 Å². The molecule has 2 unspecified atom stereocenters. The van der Waals surface area contributed by atoms with Crippen LogP contribution >= 0.6 is 0 Å². The molecule has 1 aliphatic heterocycles. The van der Waals surface area contributed by atoms with Crippen molar-refractivity contribution >= 4 is 49.9 Å². The molecule has 5 aromatic rings. The third kappa shape index (κ3) is 3.75. The highest BCUT2D eigenvalue weighted by Gasteiger charge is 2.52. The monoisotopic (exact) mass is 561 g/mol. The molecule has 1 fully saturated rings. The number of aromatic nitrogens is 1. The second-order valence-corrected chi connectivity index (χ2v) is 14.0. The lowest BCUT2D eigenvalue weighted by atomic mass is 9.47. The molecule has 0 saturated heterocycles. The molecule has 2 heteroatoms. The van der Waals surface area contributed by atoms with Crippen LogP contribution in [0.1, 0.15) is 59.6 Å². The Morgan fingerprint density at radius 1 is 0.791 bits per heavy atom. The first-order valence-corrected chi connectivity index (χ1v) is 16.1. The smallest absolute Gasteiger partial charge is 0.214 e. The van der Waals surface area contributed by atoms with Crippen LogP contribution in [-0.4, -0.2) is 20.9 Å². The molecule has 2 bridgehead atoms. The van der Waals surface area contributed by atoms with Gasteiger partial charge in [-0.2, -0.15) is 4.58 Å². The maximum atomic E-state index is 2.52. The predicted molar refractivity (Wildman–Crippen MR) is 183 cm³/mol. The van der Waals surface area contributed by atoms with Crippen LogP contribution in [0, 0.1) is 17.3 Å². The fourth-order valence-corrected chi connectivity index (χ4v) is 8.57. The van der Waals surface area contributed by atoms with Crippen molar-refractivity contribution in [1.29, 1.82) is 0 Å². The Bertz CT molecular complexity index is 2130. The summed E-state index contributed by atoms with van der Waals surface area (Å²) in [5, 5.41) is 8.08. The minimum absolute atomic E-state index is 0.260. The van der Waals surface area contributed by atoms with Crippen LogP contribution in [0.3, 0.4) is 0 Å². The van der Waals surface area contributed by atoms with E-state index in [0.717, 1.165) is 0 Å². The molecule has 0 amide bonds. The van der Waals surface area contributed by atoms with E-state index in [0.29, 0.717) is 23.9 Å². The molecule has 43 heavy (non-hydrogen) atoms. The zero-order chi connectivity index (χ0) is 29.6. The van der Waals surface area contributed by atoms with Crippen LogP contribution in [0.2, 0.25) is 0 Å². The van der Waals surface area contributed by atoms with Crippen LogP contribution in [0.4, 0.5) is 5.69 Å². The molecular weight excluding hydrogens is 520 g/mol. The highest BCUT2D eigenvalue weighted by molar-refractivity contribution is 6.19. The van der Waals surface area contributed by atoms with Gasteiger partial charge in [0.25, 0.3) is 0 Å². The molecule has 2 heterocycles. The van der Waals surface area contributed by atoms with Crippen molar-refractivity contribution in [2.45, 2.75) is 60.0 Å². The van der Waals surface area contributed by atoms with Crippen molar-refractivity contribution in [1.82, 2.24) is 4.57 Å². The standard InChI is InChI=1S/C41H41N2/c1-25(2)42-35(31-15-7-11-27-13-9-17-37(42)39(27)31)21-19-29-23-30(34-24-33(29)41(34,5)6)20-22-36-32-16-8-12-28-14-10-18-38(40(28)32)43(36)26(3)4/h7-23,25-26,33-34H,24H2,1-6H3/q+1. The summed E-state index contributed by atoms with van der Waals surface area (Å²) < 4.78 is 5.04. The summed E-state index contributed by atoms with van der Waals surface area (Å²) in [6, 6.07) is 27.7. The first-order chi connectivity index (χ1) is 20.8. The van der Waals surface area contributed by atoms with Gasteiger partial charge in [-0.05, 0) is 91.5 Å². The predicted octanol–water partition coefficient (Wildman–Crippen LogP) is 9.67. The van der Waals surface area contributed by atoms with Gasteiger partial charge in [0.05, 0.1) is 10.9 Å². The number of nitrogens with zero attached hydrogens (tertiary/aromatic N) is 2. The van der Waals surface area contributed by atoms with Gasteiger partial charge in [0, 0.05) is 39.8 Å². The molecular formula is C41H41N2+. The van der Waals surface area contributed by atoms with E-state index in [2.05, 4.69) is 154 Å². The van der Waals surface area contributed by atoms with Gasteiger partial charge in [-0.15, -0.1) is 0 Å². The third-order valence-corrected chi connectivity index (χ3v) is 10.7. The van der Waals surface area contributed by atoms with Gasteiger partial charge >= 0.3 is 0 Å². The van der Waals surface area contributed by atoms with Crippen molar-refractivity contribution < 1.29 is 4.58 Å². The van der Waals surface area contributed by atoms with E-state index in [1.165, 1.54) is 72.3 Å². The van der Waals surface area contributed by atoms with Crippen molar-refractivity contribution in [2.75, 3.05) is 0 Å². The number of hydrogen-bond donors (Lipinski definition) is 0. The average Bonchev–Trinajstić information content (AvgIpc) is 3.50. The third-order valence-electron chi connectivity index (χ3n) is 10.7. The Labute approximate surface area is 255 Å². The van der Waals surface area contributed by atoms with E-state index in [1.54, 1.807) is 0 Å². The maximum Gasteiger partial charge on any atom is 0.214 e. The lowest BCUT2D eigenvalue weighted by Gasteiger charge is -2.57. The largest absolute Gasteiger partial charge is 0.338 e. The molecule has 2 nitrogen and oxygen atoms in total. The van der Waals surface area contributed by atoms with Gasteiger partial charge in [0.2, 0.25) is 11.4 Å². The van der Waals surface area contributed by atoms with Crippen LogP contribution in [0.15, 0.2) is 108 Å². The molecule has 1 aromatic heterocycles. The summed E-state index contributed by atoms with van der Waals surface area (Å²) in [6.45, 7) is 14.1. The van der Waals surface area contributed by atoms with E-state index in [-0.39, 0.29) is 5.41 Å². The minimum atomic E-state index is 0.260. The summed E-state index contributed by atoms with van der Waals surface area (Å²) in [6.07, 6.45) is 13.4. The summed E-state index contributed by atoms with van der Waals surface area (Å²) in [7, 11) is 0. The van der Waals surface area contributed by atoms with E-state index in [4.69, 9.17) is 0 Å². The quantitative estimate of drug-likeness (QED) is 0.189. The van der Waals surface area contributed by atoms with Gasteiger partial charge in [0.15, 0.2) is 6.04 Å². The molecule has 0 radical (unpaired) electrons. The lowest BCUT2D eigenvalue weighted by molar-refractivity contribution is -0.470. The SMILES string of the molecule is CC(C)n1/c(=C/C=C2C=C(/C=C/C3=[N+](C(C)C)c4cccc5cccc3c45)C3CC/2C3(C)C)c2cccc3cccc1c32. The van der Waals surface area contributed by atoms with E-state index >= 15 is 0 Å². The molecule has 214 valence electrons. The molecule has 1 saturated carbocycles. The van der Waals surface area contributed by atoms with Crippen molar-refractivity contribution in [3.05, 3.63) is 119 Å². The van der Waals surface area contributed by atoms with Crippen molar-refractivity contribution in [2.24, 2.45) is 17.3 Å². The van der Waals surface area contributed by atoms with Gasteiger partial charge in [-0.3, -0.25) is 0 Å². The summed E-state index contributed by atoms with van der Waals surface area (Å²) in [5.74, 6) is 1.20. The van der Waals surface area contributed by atoms with Crippen LogP contribution in [0.25, 0.3) is 38.5 Å². The van der Waals surface area contributed by atoms with E-state index in [9.17, 15) is 0 Å². The molecule has 4 aromatic carbocycles. The van der Waals surface area contributed by atoms with Gasteiger partial charge in [0.1, 0.15) is 0 Å². The fraction of sp³-hybridized carbons (Fsp3) is 0.293. The molecule has 2 atom stereocenters. The van der Waals surface area contributed by atoms with Crippen LogP contribution in [-0.2, 0) is 0 Å². The Balaban J connectivity index is 1.26. The molecule has 9 rings (SSSR count). The number of benzene rings is 4. The van der Waals surface area contributed by atoms with Crippen molar-refractivity contribution in [3.8, 4) is 0 Å². The number of rotatable bonds is 5. The Hall–Kier alpha value is -4.17. The first-order valence-electron chi connectivity index (χ1n) is 16.1. The lowest BCUT2D eigenvalue weighted by Crippen LogP contribution is -2.48. The molecule has 0 N–H and O–H groups in total. The Morgan fingerprint density at radius 3 is 2.21 bits per heavy atom. The normalized spacial score (nSPS) is 22.4. The second-order valence-electron chi connectivity index (χ2n) is 14.0. The summed E-state index contributed by atoms with van der Waals surface area (Å²) in [4.78, 5) is 0. The zero-order valence-corrected chi connectivity index (χ0v) is 26.2. The molecule has 0 spiro atoms. The number of allylic oxidation sites excluding steroid dienone is 6. The molecule has 3 aliphatic carbocycles. The van der Waals surface area contributed by atoms with E-state index < -0.39 is 0 Å².